The zero-order valence-corrected chi connectivity index (χ0v) is 15.7. The molecule has 11 heteroatoms. The predicted octanol–water partition coefficient (Wildman–Crippen LogP) is 2.90. The number of piperidine rings is 1. The van der Waals surface area contributed by atoms with E-state index in [1.807, 2.05) is 0 Å². The Morgan fingerprint density at radius 3 is 2.33 bits per heavy atom. The van der Waals surface area contributed by atoms with Gasteiger partial charge in [0.15, 0.2) is 0 Å². The van der Waals surface area contributed by atoms with Gasteiger partial charge in [-0.25, -0.2) is 0 Å². The number of nitrogens with one attached hydrogen (secondary N) is 1. The lowest BCUT2D eigenvalue weighted by Crippen LogP contribution is -2.51. The molecule has 1 aromatic rings. The molecule has 0 bridgehead atoms. The summed E-state index contributed by atoms with van der Waals surface area (Å²) in [5.41, 5.74) is 3.61. The van der Waals surface area contributed by atoms with E-state index in [0.29, 0.717) is 32.0 Å². The molecule has 0 aromatic heterocycles. The van der Waals surface area contributed by atoms with Gasteiger partial charge in [-0.1, -0.05) is 6.07 Å². The zero-order valence-electron chi connectivity index (χ0n) is 15.7. The summed E-state index contributed by atoms with van der Waals surface area (Å²) in [5.74, 6) is -1.90. The van der Waals surface area contributed by atoms with E-state index in [1.165, 1.54) is 11.0 Å². The van der Waals surface area contributed by atoms with Gasteiger partial charge in [0.2, 0.25) is 5.91 Å². The van der Waals surface area contributed by atoms with Crippen molar-refractivity contribution in [1.29, 1.82) is 5.26 Å². The molecule has 2 heterocycles. The van der Waals surface area contributed by atoms with Crippen molar-refractivity contribution in [3.8, 4) is 6.07 Å². The summed E-state index contributed by atoms with van der Waals surface area (Å²) in [5, 5.41) is 11.2. The third-order valence-electron chi connectivity index (χ3n) is 5.67. The minimum absolute atomic E-state index is 0.0688. The highest BCUT2D eigenvalue weighted by atomic mass is 19.4. The van der Waals surface area contributed by atoms with Crippen molar-refractivity contribution in [3.63, 3.8) is 0 Å². The van der Waals surface area contributed by atoms with Crippen LogP contribution in [0.3, 0.4) is 0 Å². The van der Waals surface area contributed by atoms with E-state index in [1.54, 1.807) is 0 Å². The van der Waals surface area contributed by atoms with Crippen LogP contribution in [0.1, 0.15) is 41.9 Å². The number of alkyl halides is 6. The average molecular weight is 434 g/mol. The number of likely N-dealkylation sites (tertiary alicyclic amines) is 1. The lowest BCUT2D eigenvalue weighted by molar-refractivity contribution is -0.156. The number of amides is 1. The van der Waals surface area contributed by atoms with Gasteiger partial charge in [0.05, 0.1) is 23.2 Å². The minimum Gasteiger partial charge on any atom is -0.341 e. The molecule has 2 aliphatic heterocycles. The van der Waals surface area contributed by atoms with Gasteiger partial charge in [0.1, 0.15) is 6.04 Å². The Labute approximate surface area is 168 Å². The summed E-state index contributed by atoms with van der Waals surface area (Å²) >= 11 is 0. The van der Waals surface area contributed by atoms with Gasteiger partial charge >= 0.3 is 12.4 Å². The quantitative estimate of drug-likeness (QED) is 0.702. The lowest BCUT2D eigenvalue weighted by atomic mass is 9.88. The monoisotopic (exact) mass is 434 g/mol. The highest BCUT2D eigenvalue weighted by Gasteiger charge is 2.52. The van der Waals surface area contributed by atoms with Crippen LogP contribution >= 0.6 is 0 Å². The number of nitriles is 1. The fourth-order valence-corrected chi connectivity index (χ4v) is 4.08. The SMILES string of the molecule is N#Cc1ccc(C2CC(C(=O)N3CCC(N)CC3)NC2C(F)(F)F)cc1C(F)(F)F. The smallest absolute Gasteiger partial charge is 0.341 e. The third kappa shape index (κ3) is 4.54. The number of benzene rings is 1. The van der Waals surface area contributed by atoms with E-state index in [4.69, 9.17) is 11.0 Å². The van der Waals surface area contributed by atoms with E-state index in [2.05, 4.69) is 5.32 Å². The average Bonchev–Trinajstić information content (AvgIpc) is 3.13. The number of hydrogen-bond donors (Lipinski definition) is 2. The molecule has 0 radical (unpaired) electrons. The maximum absolute atomic E-state index is 13.6. The Hall–Kier alpha value is -2.32. The molecule has 3 unspecified atom stereocenters. The van der Waals surface area contributed by atoms with E-state index in [9.17, 15) is 31.1 Å². The van der Waals surface area contributed by atoms with Crippen LogP contribution in [-0.2, 0) is 11.0 Å². The Morgan fingerprint density at radius 1 is 1.17 bits per heavy atom. The molecule has 0 saturated carbocycles. The fourth-order valence-electron chi connectivity index (χ4n) is 4.08. The van der Waals surface area contributed by atoms with Gasteiger partial charge in [0, 0.05) is 25.0 Å². The van der Waals surface area contributed by atoms with Crippen molar-refractivity contribution in [3.05, 3.63) is 34.9 Å². The molecule has 5 nitrogen and oxygen atoms in total. The maximum atomic E-state index is 13.6. The molecular formula is C19H20F6N4O. The van der Waals surface area contributed by atoms with Gasteiger partial charge in [-0.15, -0.1) is 0 Å². The molecule has 3 atom stereocenters. The van der Waals surface area contributed by atoms with Crippen molar-refractivity contribution < 1.29 is 31.1 Å². The standard InChI is InChI=1S/C19H20F6N4O/c20-18(21,22)14-7-10(1-2-11(14)9-26)13-8-15(28-16(13)19(23,24)25)17(30)29-5-3-12(27)4-6-29/h1-2,7,12-13,15-16,28H,3-6,8,27H2. The van der Waals surface area contributed by atoms with Crippen LogP contribution < -0.4 is 11.1 Å². The predicted molar refractivity (Wildman–Crippen MR) is 94.1 cm³/mol. The summed E-state index contributed by atoms with van der Waals surface area (Å²) in [6.45, 7) is 0.656. The molecule has 2 saturated heterocycles. The van der Waals surface area contributed by atoms with Crippen LogP contribution in [0.25, 0.3) is 0 Å². The Morgan fingerprint density at radius 2 is 1.80 bits per heavy atom. The fraction of sp³-hybridized carbons (Fsp3) is 0.579. The second kappa shape index (κ2) is 8.07. The van der Waals surface area contributed by atoms with Crippen molar-refractivity contribution in [2.75, 3.05) is 13.1 Å². The molecule has 3 N–H and O–H groups in total. The molecule has 2 fully saturated rings. The number of halogens is 6. The van der Waals surface area contributed by atoms with Crippen molar-refractivity contribution in [2.45, 2.75) is 55.7 Å². The van der Waals surface area contributed by atoms with Crippen molar-refractivity contribution in [2.24, 2.45) is 5.73 Å². The molecule has 1 aromatic carbocycles. The van der Waals surface area contributed by atoms with Crippen LogP contribution in [0.2, 0.25) is 0 Å². The Balaban J connectivity index is 1.90. The van der Waals surface area contributed by atoms with E-state index in [-0.39, 0.29) is 18.0 Å². The first-order valence-corrected chi connectivity index (χ1v) is 9.40. The number of carbonyl (C=O) groups excluding carboxylic acids is 1. The molecule has 30 heavy (non-hydrogen) atoms. The third-order valence-corrected chi connectivity index (χ3v) is 5.67. The van der Waals surface area contributed by atoms with Crippen LogP contribution in [0.5, 0.6) is 0 Å². The summed E-state index contributed by atoms with van der Waals surface area (Å²) in [7, 11) is 0. The Bertz CT molecular complexity index is 839. The van der Waals surface area contributed by atoms with E-state index >= 15 is 0 Å². The van der Waals surface area contributed by atoms with Crippen LogP contribution in [-0.4, -0.2) is 48.2 Å². The highest BCUT2D eigenvalue weighted by molar-refractivity contribution is 5.82. The van der Waals surface area contributed by atoms with Crippen LogP contribution in [0, 0.1) is 11.3 Å². The molecular weight excluding hydrogens is 414 g/mol. The summed E-state index contributed by atoms with van der Waals surface area (Å²) in [6.07, 6.45) is -8.88. The second-order valence-electron chi connectivity index (χ2n) is 7.66. The Kier molecular flexibility index (Phi) is 6.02. The lowest BCUT2D eigenvalue weighted by Gasteiger charge is -2.32. The highest BCUT2D eigenvalue weighted by Crippen LogP contribution is 2.42. The van der Waals surface area contributed by atoms with E-state index in [0.717, 1.165) is 12.1 Å². The van der Waals surface area contributed by atoms with Crippen LogP contribution in [0.15, 0.2) is 18.2 Å². The number of carbonyl (C=O) groups is 1. The van der Waals surface area contributed by atoms with E-state index < -0.39 is 47.4 Å². The molecule has 164 valence electrons. The molecule has 0 spiro atoms. The second-order valence-corrected chi connectivity index (χ2v) is 7.66. The largest absolute Gasteiger partial charge is 0.417 e. The summed E-state index contributed by atoms with van der Waals surface area (Å²) in [4.78, 5) is 14.2. The first-order chi connectivity index (χ1) is 13.9. The molecule has 2 aliphatic rings. The number of rotatable bonds is 2. The summed E-state index contributed by atoms with van der Waals surface area (Å²) in [6, 6.07) is 0.534. The van der Waals surface area contributed by atoms with Gasteiger partial charge in [-0.05, 0) is 37.0 Å². The number of hydrogen-bond acceptors (Lipinski definition) is 4. The first kappa shape index (κ1) is 22.4. The van der Waals surface area contributed by atoms with Gasteiger partial charge in [-0.2, -0.15) is 31.6 Å². The normalized spacial score (nSPS) is 25.9. The van der Waals surface area contributed by atoms with Gasteiger partial charge < -0.3 is 10.6 Å². The topological polar surface area (TPSA) is 82.2 Å². The van der Waals surface area contributed by atoms with Crippen LogP contribution in [0.4, 0.5) is 26.3 Å². The number of nitrogens with zero attached hydrogens (tertiary/aromatic N) is 2. The molecule has 3 rings (SSSR count). The maximum Gasteiger partial charge on any atom is 0.417 e. The number of nitrogens with two attached hydrogens (primary N) is 1. The minimum atomic E-state index is -4.89. The van der Waals surface area contributed by atoms with Crippen molar-refractivity contribution in [1.82, 2.24) is 10.2 Å². The van der Waals surface area contributed by atoms with Gasteiger partial charge in [-0.3, -0.25) is 10.1 Å². The first-order valence-electron chi connectivity index (χ1n) is 9.40. The van der Waals surface area contributed by atoms with Gasteiger partial charge in [0.25, 0.3) is 0 Å². The molecule has 0 aliphatic carbocycles. The summed E-state index contributed by atoms with van der Waals surface area (Å²) < 4.78 is 80.6. The zero-order chi connectivity index (χ0) is 22.3. The molecule has 1 amide bonds. The van der Waals surface area contributed by atoms with Crippen molar-refractivity contribution >= 4 is 5.91 Å².